The Morgan fingerprint density at radius 3 is 1.96 bits per heavy atom. The Bertz CT molecular complexity index is 360. The fraction of sp³-hybridized carbons (Fsp3) is 0.842. The number of hydrogen-bond donors (Lipinski definition) is 6. The number of aliphatic carboxylic acids is 1. The molecule has 0 heterocycles. The van der Waals surface area contributed by atoms with Gasteiger partial charge in [0.05, 0.1) is 5.92 Å². The van der Waals surface area contributed by atoms with Crippen LogP contribution < -0.4 is 27.9 Å². The van der Waals surface area contributed by atoms with Gasteiger partial charge in [0.1, 0.15) is 0 Å². The number of carboxylic acids is 1. The van der Waals surface area contributed by atoms with Gasteiger partial charge in [-0.25, -0.2) is 5.43 Å². The quantitative estimate of drug-likeness (QED) is 0.0847. The molecule has 0 aromatic rings. The molecule has 1 unspecified atom stereocenters. The van der Waals surface area contributed by atoms with Gasteiger partial charge in [-0.1, -0.05) is 57.8 Å². The van der Waals surface area contributed by atoms with Gasteiger partial charge in [0.2, 0.25) is 0 Å². The molecule has 1 atom stereocenters. The summed E-state index contributed by atoms with van der Waals surface area (Å²) in [4.78, 5) is 11.3. The summed E-state index contributed by atoms with van der Waals surface area (Å²) in [5.74, 6) is 6.80. The van der Waals surface area contributed by atoms with Crippen LogP contribution in [0.5, 0.6) is 0 Å². The van der Waals surface area contributed by atoms with Crippen molar-refractivity contribution in [2.75, 3.05) is 6.54 Å². The number of unbranched alkanes of at least 4 members (excludes halogenated alkanes) is 10. The van der Waals surface area contributed by atoms with E-state index in [0.29, 0.717) is 0 Å². The van der Waals surface area contributed by atoms with Crippen LogP contribution >= 0.6 is 0 Å². The van der Waals surface area contributed by atoms with E-state index in [4.69, 9.17) is 12.3 Å². The minimum absolute atomic E-state index is 0.188. The maximum absolute atomic E-state index is 11.3. The molecule has 0 aliphatic rings. The van der Waals surface area contributed by atoms with Crippen molar-refractivity contribution in [3.8, 4) is 12.3 Å². The molecule has 0 saturated carbocycles. The molecule has 0 radical (unpaired) electrons. The number of rotatable bonds is 20. The molecule has 26 heavy (non-hydrogen) atoms. The summed E-state index contributed by atoms with van der Waals surface area (Å²) < 4.78 is 0. The molecule has 7 heteroatoms. The second-order valence-electron chi connectivity index (χ2n) is 6.78. The van der Waals surface area contributed by atoms with Crippen LogP contribution in [0.1, 0.15) is 89.9 Å². The number of terminal acetylenes is 1. The zero-order valence-corrected chi connectivity index (χ0v) is 16.2. The Labute approximate surface area is 159 Å². The summed E-state index contributed by atoms with van der Waals surface area (Å²) in [6, 6.07) is 0. The van der Waals surface area contributed by atoms with Crippen molar-refractivity contribution in [1.82, 2.24) is 22.0 Å². The van der Waals surface area contributed by atoms with Gasteiger partial charge in [0.25, 0.3) is 0 Å². The van der Waals surface area contributed by atoms with Crippen molar-refractivity contribution in [3.05, 3.63) is 0 Å². The van der Waals surface area contributed by atoms with Crippen LogP contribution in [0.15, 0.2) is 0 Å². The second kappa shape index (κ2) is 20.1. The average molecular weight is 370 g/mol. The van der Waals surface area contributed by atoms with E-state index in [0.717, 1.165) is 57.9 Å². The molecule has 7 N–H and O–H groups in total. The molecule has 0 rings (SSSR count). The minimum Gasteiger partial charge on any atom is -0.481 e. The molecule has 0 amide bonds. The average Bonchev–Trinajstić information content (AvgIpc) is 2.63. The summed E-state index contributed by atoms with van der Waals surface area (Å²) in [6.45, 7) is 0.905. The molecule has 0 saturated heterocycles. The highest BCUT2D eigenvalue weighted by atomic mass is 16.4. The largest absolute Gasteiger partial charge is 0.481 e. The SMILES string of the molecule is C#CCCCCC(CCCCCCCCCCCNNNNN)C(=O)O. The van der Waals surface area contributed by atoms with Gasteiger partial charge in [-0.05, 0) is 25.7 Å². The summed E-state index contributed by atoms with van der Waals surface area (Å²) in [5, 5.41) is 9.27. The van der Waals surface area contributed by atoms with Gasteiger partial charge >= 0.3 is 5.97 Å². The zero-order chi connectivity index (χ0) is 19.3. The van der Waals surface area contributed by atoms with Crippen LogP contribution in [0.2, 0.25) is 0 Å². The van der Waals surface area contributed by atoms with Crippen LogP contribution in [0.4, 0.5) is 0 Å². The van der Waals surface area contributed by atoms with Crippen LogP contribution in [-0.2, 0) is 4.79 Å². The molecule has 0 aromatic carbocycles. The third-order valence-corrected chi connectivity index (χ3v) is 4.55. The van der Waals surface area contributed by atoms with E-state index < -0.39 is 5.97 Å². The molecule has 0 spiro atoms. The van der Waals surface area contributed by atoms with E-state index in [1.165, 1.54) is 38.5 Å². The predicted octanol–water partition coefficient (Wildman–Crippen LogP) is 2.76. The lowest BCUT2D eigenvalue weighted by Gasteiger charge is -2.11. The first-order valence-electron chi connectivity index (χ1n) is 10.1. The highest BCUT2D eigenvalue weighted by molar-refractivity contribution is 5.69. The Balaban J connectivity index is 3.35. The Morgan fingerprint density at radius 1 is 0.885 bits per heavy atom. The topological polar surface area (TPSA) is 111 Å². The van der Waals surface area contributed by atoms with Crippen molar-refractivity contribution in [2.24, 2.45) is 11.8 Å². The summed E-state index contributed by atoms with van der Waals surface area (Å²) >= 11 is 0. The predicted molar refractivity (Wildman–Crippen MR) is 106 cm³/mol. The van der Waals surface area contributed by atoms with Gasteiger partial charge in [-0.3, -0.25) is 10.6 Å². The first-order valence-corrected chi connectivity index (χ1v) is 10.1. The van der Waals surface area contributed by atoms with E-state index in [2.05, 4.69) is 28.0 Å². The van der Waals surface area contributed by atoms with Gasteiger partial charge in [-0.2, -0.15) is 16.6 Å². The molecule has 152 valence electrons. The van der Waals surface area contributed by atoms with Gasteiger partial charge in [-0.15, -0.1) is 12.3 Å². The minimum atomic E-state index is -0.648. The number of carbonyl (C=O) groups is 1. The Kier molecular flexibility index (Phi) is 19.2. The monoisotopic (exact) mass is 369 g/mol. The third-order valence-electron chi connectivity index (χ3n) is 4.55. The molecule has 0 fully saturated rings. The van der Waals surface area contributed by atoms with Crippen molar-refractivity contribution >= 4 is 5.97 Å². The van der Waals surface area contributed by atoms with Crippen molar-refractivity contribution in [2.45, 2.75) is 89.9 Å². The Hall–Kier alpha value is -1.17. The number of nitrogens with two attached hydrogens (primary N) is 1. The Morgan fingerprint density at radius 2 is 1.42 bits per heavy atom. The van der Waals surface area contributed by atoms with E-state index in [1.54, 1.807) is 0 Å². The zero-order valence-electron chi connectivity index (χ0n) is 16.2. The smallest absolute Gasteiger partial charge is 0.306 e. The fourth-order valence-electron chi connectivity index (χ4n) is 2.99. The maximum Gasteiger partial charge on any atom is 0.306 e. The van der Waals surface area contributed by atoms with E-state index >= 15 is 0 Å². The van der Waals surface area contributed by atoms with E-state index in [1.807, 2.05) is 0 Å². The van der Waals surface area contributed by atoms with Gasteiger partial charge in [0.15, 0.2) is 0 Å². The number of nitrogens with one attached hydrogen (secondary N) is 4. The molecular weight excluding hydrogens is 330 g/mol. The van der Waals surface area contributed by atoms with Crippen LogP contribution in [0.3, 0.4) is 0 Å². The summed E-state index contributed by atoms with van der Waals surface area (Å²) in [6.07, 6.45) is 20.2. The maximum atomic E-state index is 11.3. The first kappa shape index (κ1) is 24.8. The second-order valence-corrected chi connectivity index (χ2v) is 6.78. The number of carboxylic acid groups (broad SMARTS) is 1. The third kappa shape index (κ3) is 17.6. The van der Waals surface area contributed by atoms with Crippen molar-refractivity contribution in [3.63, 3.8) is 0 Å². The lowest BCUT2D eigenvalue weighted by Crippen LogP contribution is -2.53. The standard InChI is InChI=1S/C19H39N5O2/c1-2-3-4-12-15-18(19(25)26)16-13-10-8-6-5-7-9-11-14-17-21-23-24-22-20/h1,18,21-24H,3-17,20H2,(H,25,26). The molecule has 0 aliphatic carbocycles. The number of hydrazine groups is 4. The van der Waals surface area contributed by atoms with Gasteiger partial charge < -0.3 is 5.11 Å². The molecule has 0 aromatic heterocycles. The highest BCUT2D eigenvalue weighted by Crippen LogP contribution is 2.19. The molecule has 7 nitrogen and oxygen atoms in total. The molecular formula is C19H39N5O2. The normalized spacial score (nSPS) is 12.0. The highest BCUT2D eigenvalue weighted by Gasteiger charge is 2.15. The van der Waals surface area contributed by atoms with Crippen molar-refractivity contribution in [1.29, 1.82) is 0 Å². The van der Waals surface area contributed by atoms with E-state index in [9.17, 15) is 9.90 Å². The molecule has 0 aliphatic heterocycles. The van der Waals surface area contributed by atoms with Crippen LogP contribution in [0, 0.1) is 18.3 Å². The van der Waals surface area contributed by atoms with Crippen molar-refractivity contribution < 1.29 is 9.90 Å². The van der Waals surface area contributed by atoms with E-state index in [-0.39, 0.29) is 5.92 Å². The summed E-state index contributed by atoms with van der Waals surface area (Å²) in [7, 11) is 0. The lowest BCUT2D eigenvalue weighted by molar-refractivity contribution is -0.142. The van der Waals surface area contributed by atoms with Gasteiger partial charge in [0, 0.05) is 13.0 Å². The van der Waals surface area contributed by atoms with Crippen LogP contribution in [-0.4, -0.2) is 17.6 Å². The van der Waals surface area contributed by atoms with Crippen LogP contribution in [0.25, 0.3) is 0 Å². The first-order chi connectivity index (χ1) is 12.7. The fourth-order valence-corrected chi connectivity index (χ4v) is 2.99. The molecule has 0 bridgehead atoms. The number of hydrogen-bond acceptors (Lipinski definition) is 6. The lowest BCUT2D eigenvalue weighted by atomic mass is 9.94. The summed E-state index contributed by atoms with van der Waals surface area (Å²) in [5.41, 5.74) is 10.5.